The number of phenols is 1. The van der Waals surface area contributed by atoms with Crippen LogP contribution in [0.1, 0.15) is 160 Å². The minimum absolute atomic E-state index is 0.00510. The number of ether oxygens (including phenoxy) is 1. The molecule has 2 heterocycles. The van der Waals surface area contributed by atoms with Gasteiger partial charge in [0.05, 0.1) is 22.4 Å². The van der Waals surface area contributed by atoms with Crippen LogP contribution in [-0.4, -0.2) is 165 Å². The van der Waals surface area contributed by atoms with Crippen molar-refractivity contribution >= 4 is 87.9 Å². The molecule has 8 atom stereocenters. The Kier molecular flexibility index (Phi) is 28.4. The van der Waals surface area contributed by atoms with Gasteiger partial charge in [0.25, 0.3) is 5.91 Å². The molecule has 24 heteroatoms. The van der Waals surface area contributed by atoms with E-state index in [1.54, 1.807) is 24.3 Å². The molecular weight excluding hydrogens is 1080 g/mol. The number of esters is 1. The number of thioether (sulfide) groups is 1. The molecule has 8 N–H and O–H groups in total. The molecule has 1 saturated heterocycles. The molecule has 0 aliphatic carbocycles. The fraction of sp³-hybridized carbons (Fsp3) is 0.667. The number of phenolic OH excluding ortho intramolecular Hbond substituents is 1. The normalized spacial score (nSPS) is 16.2. The number of hydrogen-bond donors (Lipinski definition) is 7. The van der Waals surface area contributed by atoms with E-state index in [1.807, 2.05) is 60.5 Å². The predicted octanol–water partition coefficient (Wildman–Crippen LogP) is 5.46. The van der Waals surface area contributed by atoms with Gasteiger partial charge in [0.2, 0.25) is 35.4 Å². The van der Waals surface area contributed by atoms with E-state index in [0.29, 0.717) is 42.8 Å². The first-order chi connectivity index (χ1) is 38.1. The molecule has 81 heavy (non-hydrogen) atoms. The molecular formula is C57H89N9O13S2. The number of aromatic hydroxyl groups is 1. The Hall–Kier alpha value is -5.98. The highest BCUT2D eigenvalue weighted by Crippen LogP contribution is 2.34. The van der Waals surface area contributed by atoms with E-state index in [0.717, 1.165) is 11.3 Å². The zero-order valence-electron chi connectivity index (χ0n) is 49.4. The number of aromatic nitrogens is 1. The average molecular weight is 1170 g/mol. The van der Waals surface area contributed by atoms with Crippen LogP contribution in [0.25, 0.3) is 0 Å². The summed E-state index contributed by atoms with van der Waals surface area (Å²) in [6.07, 6.45) is 3.76. The maximum atomic E-state index is 14.4. The molecule has 1 aliphatic rings. The summed E-state index contributed by atoms with van der Waals surface area (Å²) in [4.78, 5) is 140. The molecule has 22 nitrogen and oxygen atoms in total. The molecule has 452 valence electrons. The third-order valence-corrected chi connectivity index (χ3v) is 17.1. The van der Waals surface area contributed by atoms with Gasteiger partial charge in [0, 0.05) is 82.5 Å². The summed E-state index contributed by atoms with van der Waals surface area (Å²) < 4.78 is 5.81. The Bertz CT molecular complexity index is 2500. The van der Waals surface area contributed by atoms with Gasteiger partial charge in [-0.05, 0) is 115 Å². The van der Waals surface area contributed by atoms with Gasteiger partial charge in [-0.3, -0.25) is 57.7 Å². The van der Waals surface area contributed by atoms with Crippen LogP contribution in [-0.2, 0) is 54.3 Å². The summed E-state index contributed by atoms with van der Waals surface area (Å²) in [5.74, 6) is -6.43. The zero-order valence-corrected chi connectivity index (χ0v) is 51.0. The van der Waals surface area contributed by atoms with E-state index in [2.05, 4.69) is 26.3 Å². The number of unbranched alkanes of at least 4 members (excludes halogenated alkanes) is 1. The van der Waals surface area contributed by atoms with Crippen molar-refractivity contribution in [3.8, 4) is 5.75 Å². The summed E-state index contributed by atoms with van der Waals surface area (Å²) in [7, 11) is 5.34. The number of carbonyl (C=O) groups excluding carboxylic acids is 9. The number of Topliss-reactive ketones (excluding diaryl/α,β-unsaturated/α-hetero) is 1. The number of likely N-dealkylation sites (N-methyl/N-ethyl adjacent to an activating group) is 1. The number of carboxylic acids is 1. The number of amides is 7. The van der Waals surface area contributed by atoms with Crippen LogP contribution in [0, 0.1) is 23.7 Å². The standard InChI is InChI=1S/C57H89N9O13S2/c1-13-34(4)39(29-47(69)57(7,8)64(9)10)54(75)65(11)43(33(2)3)30-45(79-36(6)67)53-63-42(32-81-53)52(74)60-38(26-35(5)56(77)78)27-37-21-22-44(68)41(28-37)62-48(70)19-16-24-59-51(73)40(18-14-15-23-58)61-49(71)20-17-25-66-50(72)31-46(80-12)55(66)76/h21-22,28,32-35,38-40,43,45-46,68H,13-20,23-27,29-31,58H2,1-12H3,(H,59,73)(H,60,74)(H,61,71)(H,62,70)(H,77,78)/t34-,35?,38+,39-,40-,43+,45+,46?/m0/s1. The summed E-state index contributed by atoms with van der Waals surface area (Å²) in [6, 6.07) is 2.33. The highest BCUT2D eigenvalue weighted by Gasteiger charge is 2.40. The molecule has 0 spiro atoms. The summed E-state index contributed by atoms with van der Waals surface area (Å²) >= 11 is 2.40. The second-order valence-corrected chi connectivity index (χ2v) is 24.1. The number of ketones is 1. The number of anilines is 1. The summed E-state index contributed by atoms with van der Waals surface area (Å²) in [5, 5.41) is 33.1. The number of nitrogens with one attached hydrogen (secondary N) is 4. The maximum absolute atomic E-state index is 14.4. The van der Waals surface area contributed by atoms with E-state index in [4.69, 9.17) is 10.5 Å². The van der Waals surface area contributed by atoms with Gasteiger partial charge in [-0.2, -0.15) is 11.8 Å². The lowest BCUT2D eigenvalue weighted by atomic mass is 9.81. The number of carboxylic acid groups (broad SMARTS) is 1. The van der Waals surface area contributed by atoms with Crippen LogP contribution < -0.4 is 27.0 Å². The number of likely N-dealkylation sites (tertiary alicyclic amines) is 1. The van der Waals surface area contributed by atoms with Gasteiger partial charge in [-0.1, -0.05) is 47.1 Å². The Labute approximate surface area is 485 Å². The van der Waals surface area contributed by atoms with Gasteiger partial charge in [-0.25, -0.2) is 4.98 Å². The van der Waals surface area contributed by atoms with Crippen molar-refractivity contribution in [3.63, 3.8) is 0 Å². The van der Waals surface area contributed by atoms with Crippen LogP contribution in [0.4, 0.5) is 5.69 Å². The molecule has 1 fully saturated rings. The number of nitrogens with two attached hydrogens (primary N) is 1. The van der Waals surface area contributed by atoms with Crippen molar-refractivity contribution < 1.29 is 62.9 Å². The van der Waals surface area contributed by atoms with Crippen molar-refractivity contribution in [2.75, 3.05) is 52.3 Å². The first-order valence-corrected chi connectivity index (χ1v) is 30.1. The SMILES string of the molecule is CC[C@H](C)[C@H](CC(=O)C(C)(C)N(C)C)C(=O)N(C)[C@H](C[C@@H](OC(C)=O)c1nc(C(=O)N[C@@H](Cc2ccc(O)c(NC(=O)CCCNC(=O)[C@H](CCCCN)NC(=O)CCCN3C(=O)CC(SC)C3=O)c2)CC(C)C(=O)O)cs1)C(C)C. The Morgan fingerprint density at radius 3 is 2.23 bits per heavy atom. The van der Waals surface area contributed by atoms with Gasteiger partial charge >= 0.3 is 11.9 Å². The fourth-order valence-electron chi connectivity index (χ4n) is 9.35. The van der Waals surface area contributed by atoms with E-state index in [9.17, 15) is 58.2 Å². The fourth-order valence-corrected chi connectivity index (χ4v) is 10.8. The highest BCUT2D eigenvalue weighted by molar-refractivity contribution is 8.00. The molecule has 2 aromatic rings. The summed E-state index contributed by atoms with van der Waals surface area (Å²) in [6.45, 7) is 14.8. The quantitative estimate of drug-likeness (QED) is 0.0193. The second kappa shape index (κ2) is 33.2. The first kappa shape index (κ1) is 69.3. The number of carbonyl (C=O) groups is 10. The average Bonchev–Trinajstić information content (AvgIpc) is 4.01. The van der Waals surface area contributed by atoms with Crippen LogP contribution in [0.5, 0.6) is 5.75 Å². The van der Waals surface area contributed by atoms with E-state index in [-0.39, 0.29) is 123 Å². The third kappa shape index (κ3) is 21.4. The molecule has 1 aromatic carbocycles. The molecule has 0 saturated carbocycles. The highest BCUT2D eigenvalue weighted by atomic mass is 32.2. The Morgan fingerprint density at radius 2 is 1.64 bits per heavy atom. The van der Waals surface area contributed by atoms with Crippen LogP contribution in [0.2, 0.25) is 0 Å². The lowest BCUT2D eigenvalue weighted by Crippen LogP contribution is -2.50. The number of benzene rings is 1. The Morgan fingerprint density at radius 1 is 0.963 bits per heavy atom. The minimum Gasteiger partial charge on any atom is -0.506 e. The van der Waals surface area contributed by atoms with Crippen molar-refractivity contribution in [1.29, 1.82) is 0 Å². The van der Waals surface area contributed by atoms with Gasteiger partial charge in [-0.15, -0.1) is 11.3 Å². The van der Waals surface area contributed by atoms with Crippen molar-refractivity contribution in [2.24, 2.45) is 29.4 Å². The molecule has 1 aromatic heterocycles. The molecule has 2 unspecified atom stereocenters. The minimum atomic E-state index is -1.09. The largest absolute Gasteiger partial charge is 0.506 e. The van der Waals surface area contributed by atoms with E-state index < -0.39 is 82.4 Å². The van der Waals surface area contributed by atoms with E-state index in [1.165, 1.54) is 48.0 Å². The monoisotopic (exact) mass is 1170 g/mol. The van der Waals surface area contributed by atoms with Crippen molar-refractivity contribution in [1.82, 2.24) is 35.6 Å². The Balaban J connectivity index is 1.69. The number of thiazole rings is 1. The number of hydrogen-bond acceptors (Lipinski definition) is 17. The van der Waals surface area contributed by atoms with Crippen molar-refractivity contribution in [3.05, 3.63) is 39.8 Å². The molecule has 0 radical (unpaired) electrons. The van der Waals surface area contributed by atoms with Gasteiger partial charge in [0.1, 0.15) is 22.5 Å². The number of rotatable bonds is 36. The second-order valence-electron chi connectivity index (χ2n) is 22.2. The topological polar surface area (TPSA) is 317 Å². The van der Waals surface area contributed by atoms with Gasteiger partial charge < -0.3 is 46.9 Å². The first-order valence-electron chi connectivity index (χ1n) is 28.0. The molecule has 7 amide bonds. The van der Waals surface area contributed by atoms with Crippen LogP contribution >= 0.6 is 23.1 Å². The smallest absolute Gasteiger partial charge is 0.306 e. The number of nitrogens with zero attached hydrogens (tertiary/aromatic N) is 4. The number of aliphatic carboxylic acids is 1. The third-order valence-electron chi connectivity index (χ3n) is 15.2. The molecule has 0 bridgehead atoms. The molecule has 1 aliphatic heterocycles. The lowest BCUT2D eigenvalue weighted by molar-refractivity contribution is -0.150. The predicted molar refractivity (Wildman–Crippen MR) is 311 cm³/mol. The van der Waals surface area contributed by atoms with Crippen molar-refractivity contribution in [2.45, 2.75) is 174 Å². The van der Waals surface area contributed by atoms with Crippen LogP contribution in [0.3, 0.4) is 0 Å². The van der Waals surface area contributed by atoms with Crippen LogP contribution in [0.15, 0.2) is 23.6 Å². The maximum Gasteiger partial charge on any atom is 0.306 e. The number of imide groups is 1. The molecule has 3 rings (SSSR count). The van der Waals surface area contributed by atoms with Gasteiger partial charge in [0.15, 0.2) is 11.9 Å². The summed E-state index contributed by atoms with van der Waals surface area (Å²) in [5.41, 5.74) is 5.45. The zero-order chi connectivity index (χ0) is 60.9. The van der Waals surface area contributed by atoms with E-state index >= 15 is 0 Å². The lowest BCUT2D eigenvalue weighted by Gasteiger charge is -2.38.